The van der Waals surface area contributed by atoms with E-state index in [-0.39, 0.29) is 21.9 Å². The maximum atomic E-state index is 12.1. The first kappa shape index (κ1) is 13.4. The number of halogens is 1. The lowest BCUT2D eigenvalue weighted by Gasteiger charge is -2.16. The van der Waals surface area contributed by atoms with E-state index in [1.807, 2.05) is 0 Å². The zero-order chi connectivity index (χ0) is 13.5. The molecule has 1 aromatic rings. The van der Waals surface area contributed by atoms with Crippen molar-refractivity contribution in [3.05, 3.63) is 28.8 Å². The Morgan fingerprint density at radius 1 is 1.39 bits per heavy atom. The Labute approximate surface area is 111 Å². The SMILES string of the molecule is CN(C(=O)c1ccc(Cl)c(S(C)(=O)=O)c1)C1CC1. The Morgan fingerprint density at radius 3 is 2.50 bits per heavy atom. The zero-order valence-electron chi connectivity index (χ0n) is 10.2. The summed E-state index contributed by atoms with van der Waals surface area (Å²) in [6.07, 6.45) is 3.09. The molecule has 1 aliphatic rings. The number of carbonyl (C=O) groups is 1. The van der Waals surface area contributed by atoms with Crippen molar-refractivity contribution >= 4 is 27.3 Å². The van der Waals surface area contributed by atoms with Gasteiger partial charge in [-0.05, 0) is 31.0 Å². The highest BCUT2D eigenvalue weighted by Crippen LogP contribution is 2.28. The largest absolute Gasteiger partial charge is 0.339 e. The zero-order valence-corrected chi connectivity index (χ0v) is 11.8. The van der Waals surface area contributed by atoms with E-state index in [2.05, 4.69) is 0 Å². The van der Waals surface area contributed by atoms with Crippen molar-refractivity contribution in [1.82, 2.24) is 4.90 Å². The average Bonchev–Trinajstić information content (AvgIpc) is 3.10. The molecule has 1 amide bonds. The molecule has 98 valence electrons. The van der Waals surface area contributed by atoms with E-state index in [9.17, 15) is 13.2 Å². The Balaban J connectivity index is 2.38. The molecule has 6 heteroatoms. The fourth-order valence-corrected chi connectivity index (χ4v) is 3.05. The van der Waals surface area contributed by atoms with Crippen LogP contribution in [0.15, 0.2) is 23.1 Å². The normalized spacial score (nSPS) is 15.5. The van der Waals surface area contributed by atoms with Gasteiger partial charge in [0.25, 0.3) is 5.91 Å². The van der Waals surface area contributed by atoms with Gasteiger partial charge in [0, 0.05) is 24.9 Å². The third kappa shape index (κ3) is 2.67. The minimum absolute atomic E-state index is 0.000728. The Hall–Kier alpha value is -1.07. The molecule has 1 fully saturated rings. The molecule has 1 aliphatic carbocycles. The fraction of sp³-hybridized carbons (Fsp3) is 0.417. The Bertz CT molecular complexity index is 593. The lowest BCUT2D eigenvalue weighted by Crippen LogP contribution is -2.28. The topological polar surface area (TPSA) is 54.5 Å². The van der Waals surface area contributed by atoms with Crippen LogP contribution in [-0.4, -0.2) is 38.6 Å². The van der Waals surface area contributed by atoms with Crippen molar-refractivity contribution < 1.29 is 13.2 Å². The number of hydrogen-bond donors (Lipinski definition) is 0. The average molecular weight is 288 g/mol. The van der Waals surface area contributed by atoms with Gasteiger partial charge >= 0.3 is 0 Å². The van der Waals surface area contributed by atoms with E-state index in [1.165, 1.54) is 12.1 Å². The van der Waals surface area contributed by atoms with Crippen molar-refractivity contribution in [1.29, 1.82) is 0 Å². The highest BCUT2D eigenvalue weighted by molar-refractivity contribution is 7.90. The minimum Gasteiger partial charge on any atom is -0.339 e. The standard InChI is InChI=1S/C12H14ClNO3S/c1-14(9-4-5-9)12(15)8-3-6-10(13)11(7-8)18(2,16)17/h3,6-7,9H,4-5H2,1-2H3. The molecule has 2 rings (SSSR count). The number of hydrogen-bond acceptors (Lipinski definition) is 3. The van der Waals surface area contributed by atoms with Gasteiger partial charge in [-0.15, -0.1) is 0 Å². The van der Waals surface area contributed by atoms with E-state index in [0.717, 1.165) is 19.1 Å². The summed E-state index contributed by atoms with van der Waals surface area (Å²) >= 11 is 5.84. The van der Waals surface area contributed by atoms with Crippen LogP contribution >= 0.6 is 11.6 Å². The second-order valence-corrected chi connectivity index (χ2v) is 6.96. The van der Waals surface area contributed by atoms with Crippen LogP contribution in [0.1, 0.15) is 23.2 Å². The van der Waals surface area contributed by atoms with Crippen LogP contribution in [0.4, 0.5) is 0 Å². The van der Waals surface area contributed by atoms with Crippen LogP contribution in [0.25, 0.3) is 0 Å². The highest BCUT2D eigenvalue weighted by Gasteiger charge is 2.30. The predicted molar refractivity (Wildman–Crippen MR) is 69.7 cm³/mol. The van der Waals surface area contributed by atoms with Gasteiger partial charge in [-0.3, -0.25) is 4.79 Å². The van der Waals surface area contributed by atoms with E-state index in [4.69, 9.17) is 11.6 Å². The molecule has 4 nitrogen and oxygen atoms in total. The van der Waals surface area contributed by atoms with Crippen LogP contribution in [0.5, 0.6) is 0 Å². The Kier molecular flexibility index (Phi) is 3.38. The number of carbonyl (C=O) groups excluding carboxylic acids is 1. The summed E-state index contributed by atoms with van der Waals surface area (Å²) in [6.45, 7) is 0. The van der Waals surface area contributed by atoms with E-state index in [0.29, 0.717) is 5.56 Å². The summed E-state index contributed by atoms with van der Waals surface area (Å²) in [7, 11) is -1.69. The molecule has 1 saturated carbocycles. The molecule has 0 bridgehead atoms. The fourth-order valence-electron chi connectivity index (χ4n) is 1.75. The molecule has 0 N–H and O–H groups in total. The first-order valence-corrected chi connectivity index (χ1v) is 7.84. The maximum absolute atomic E-state index is 12.1. The lowest BCUT2D eigenvalue weighted by molar-refractivity contribution is 0.0785. The smallest absolute Gasteiger partial charge is 0.253 e. The summed E-state index contributed by atoms with van der Waals surface area (Å²) < 4.78 is 23.1. The van der Waals surface area contributed by atoms with Crippen molar-refractivity contribution in [2.75, 3.05) is 13.3 Å². The Morgan fingerprint density at radius 2 is 2.00 bits per heavy atom. The summed E-state index contributed by atoms with van der Waals surface area (Å²) in [5, 5.41) is 0.142. The molecule has 18 heavy (non-hydrogen) atoms. The van der Waals surface area contributed by atoms with Crippen LogP contribution < -0.4 is 0 Å². The van der Waals surface area contributed by atoms with Crippen LogP contribution in [0.3, 0.4) is 0 Å². The van der Waals surface area contributed by atoms with Crippen LogP contribution in [0.2, 0.25) is 5.02 Å². The first-order chi connectivity index (χ1) is 8.30. The van der Waals surface area contributed by atoms with E-state index in [1.54, 1.807) is 18.0 Å². The monoisotopic (exact) mass is 287 g/mol. The molecule has 0 aliphatic heterocycles. The molecule has 0 atom stereocenters. The molecule has 0 spiro atoms. The molecule has 0 heterocycles. The second-order valence-electron chi connectivity index (χ2n) is 4.56. The van der Waals surface area contributed by atoms with Gasteiger partial charge in [0.05, 0.1) is 9.92 Å². The molecule has 0 unspecified atom stereocenters. The highest BCUT2D eigenvalue weighted by atomic mass is 35.5. The van der Waals surface area contributed by atoms with E-state index < -0.39 is 9.84 Å². The van der Waals surface area contributed by atoms with Crippen molar-refractivity contribution in [2.24, 2.45) is 0 Å². The van der Waals surface area contributed by atoms with Gasteiger partial charge in [0.1, 0.15) is 0 Å². The number of benzene rings is 1. The predicted octanol–water partition coefficient (Wildman–Crippen LogP) is 1.98. The third-order valence-electron chi connectivity index (χ3n) is 2.99. The number of sulfone groups is 1. The summed E-state index contributed by atoms with van der Waals surface area (Å²) in [5.41, 5.74) is 0.356. The molecule has 0 radical (unpaired) electrons. The molecule has 0 saturated heterocycles. The molecular formula is C12H14ClNO3S. The van der Waals surface area contributed by atoms with Crippen molar-refractivity contribution in [3.63, 3.8) is 0 Å². The van der Waals surface area contributed by atoms with Gasteiger partial charge in [-0.1, -0.05) is 11.6 Å². The number of rotatable bonds is 3. The number of nitrogens with zero attached hydrogens (tertiary/aromatic N) is 1. The van der Waals surface area contributed by atoms with Gasteiger partial charge in [0.15, 0.2) is 9.84 Å². The third-order valence-corrected chi connectivity index (χ3v) is 4.57. The van der Waals surface area contributed by atoms with Crippen molar-refractivity contribution in [3.8, 4) is 0 Å². The molecular weight excluding hydrogens is 274 g/mol. The van der Waals surface area contributed by atoms with E-state index >= 15 is 0 Å². The van der Waals surface area contributed by atoms with Gasteiger partial charge < -0.3 is 4.90 Å². The van der Waals surface area contributed by atoms with Gasteiger partial charge in [-0.25, -0.2) is 8.42 Å². The summed E-state index contributed by atoms with van der Waals surface area (Å²) in [4.78, 5) is 13.8. The first-order valence-electron chi connectivity index (χ1n) is 5.57. The quantitative estimate of drug-likeness (QED) is 0.854. The second kappa shape index (κ2) is 4.55. The van der Waals surface area contributed by atoms with Gasteiger partial charge in [0.2, 0.25) is 0 Å². The van der Waals surface area contributed by atoms with Gasteiger partial charge in [-0.2, -0.15) is 0 Å². The minimum atomic E-state index is -3.42. The summed E-state index contributed by atoms with van der Waals surface area (Å²) in [5.74, 6) is -0.168. The van der Waals surface area contributed by atoms with Crippen LogP contribution in [-0.2, 0) is 9.84 Å². The maximum Gasteiger partial charge on any atom is 0.253 e. The molecule has 1 aromatic carbocycles. The number of amides is 1. The van der Waals surface area contributed by atoms with Crippen molar-refractivity contribution in [2.45, 2.75) is 23.8 Å². The summed E-state index contributed by atoms with van der Waals surface area (Å²) in [6, 6.07) is 4.64. The lowest BCUT2D eigenvalue weighted by atomic mass is 10.2. The van der Waals surface area contributed by atoms with Crippen LogP contribution in [0, 0.1) is 0 Å². The molecule has 0 aromatic heterocycles.